The third-order valence-corrected chi connectivity index (χ3v) is 3.08. The second kappa shape index (κ2) is 7.54. The SMILES string of the molecule is C=CCSCCNCCn1ccnc1C. The van der Waals surface area contributed by atoms with Crippen molar-refractivity contribution in [1.29, 1.82) is 0 Å². The highest BCUT2D eigenvalue weighted by molar-refractivity contribution is 7.99. The third-order valence-electron chi connectivity index (χ3n) is 2.11. The summed E-state index contributed by atoms with van der Waals surface area (Å²) in [6, 6.07) is 0. The molecule has 0 amide bonds. The van der Waals surface area contributed by atoms with Crippen LogP contribution >= 0.6 is 11.8 Å². The Bertz CT molecular complexity index is 283. The van der Waals surface area contributed by atoms with Gasteiger partial charge in [0, 0.05) is 43.5 Å². The zero-order chi connectivity index (χ0) is 10.9. The maximum atomic E-state index is 4.18. The van der Waals surface area contributed by atoms with Gasteiger partial charge in [-0.1, -0.05) is 6.08 Å². The number of imidazole rings is 1. The summed E-state index contributed by atoms with van der Waals surface area (Å²) in [5.74, 6) is 3.27. The van der Waals surface area contributed by atoms with Crippen molar-refractivity contribution in [3.05, 3.63) is 30.9 Å². The van der Waals surface area contributed by atoms with Crippen LogP contribution in [0.5, 0.6) is 0 Å². The van der Waals surface area contributed by atoms with Crippen LogP contribution in [0.25, 0.3) is 0 Å². The molecule has 0 unspecified atom stereocenters. The first-order valence-electron chi connectivity index (χ1n) is 5.21. The zero-order valence-electron chi connectivity index (χ0n) is 9.28. The second-order valence-electron chi connectivity index (χ2n) is 3.28. The molecule has 0 bridgehead atoms. The standard InChI is InChI=1S/C11H19N3S/c1-3-9-15-10-6-12-4-7-14-8-5-13-11(14)2/h3,5,8,12H,1,4,6-7,9-10H2,2H3. The Morgan fingerprint density at radius 2 is 2.47 bits per heavy atom. The summed E-state index contributed by atoms with van der Waals surface area (Å²) in [5.41, 5.74) is 0. The Labute approximate surface area is 96.0 Å². The number of nitrogens with one attached hydrogen (secondary N) is 1. The summed E-state index contributed by atoms with van der Waals surface area (Å²) in [6.45, 7) is 8.78. The fourth-order valence-electron chi connectivity index (χ4n) is 1.28. The van der Waals surface area contributed by atoms with Crippen LogP contribution in [0, 0.1) is 6.92 Å². The van der Waals surface area contributed by atoms with Crippen LogP contribution < -0.4 is 5.32 Å². The highest BCUT2D eigenvalue weighted by Crippen LogP contribution is 1.97. The lowest BCUT2D eigenvalue weighted by Crippen LogP contribution is -2.22. The van der Waals surface area contributed by atoms with E-state index in [0.717, 1.165) is 37.0 Å². The number of aryl methyl sites for hydroxylation is 1. The van der Waals surface area contributed by atoms with E-state index in [2.05, 4.69) is 21.4 Å². The van der Waals surface area contributed by atoms with Gasteiger partial charge in [0.2, 0.25) is 0 Å². The van der Waals surface area contributed by atoms with Crippen molar-refractivity contribution in [3.8, 4) is 0 Å². The molecule has 0 aliphatic carbocycles. The fraction of sp³-hybridized carbons (Fsp3) is 0.545. The largest absolute Gasteiger partial charge is 0.334 e. The van der Waals surface area contributed by atoms with Crippen LogP contribution in [0.15, 0.2) is 25.0 Å². The summed E-state index contributed by atoms with van der Waals surface area (Å²) in [5, 5.41) is 3.41. The minimum Gasteiger partial charge on any atom is -0.334 e. The molecule has 84 valence electrons. The van der Waals surface area contributed by atoms with Crippen molar-refractivity contribution in [2.45, 2.75) is 13.5 Å². The topological polar surface area (TPSA) is 29.9 Å². The van der Waals surface area contributed by atoms with E-state index in [0.29, 0.717) is 0 Å². The quantitative estimate of drug-likeness (QED) is 0.539. The predicted molar refractivity (Wildman–Crippen MR) is 67.4 cm³/mol. The molecule has 0 saturated carbocycles. The van der Waals surface area contributed by atoms with E-state index in [4.69, 9.17) is 0 Å². The Kier molecular flexibility index (Phi) is 6.20. The number of nitrogens with zero attached hydrogens (tertiary/aromatic N) is 2. The summed E-state index contributed by atoms with van der Waals surface area (Å²) >= 11 is 1.90. The molecule has 1 heterocycles. The summed E-state index contributed by atoms with van der Waals surface area (Å²) in [4.78, 5) is 4.18. The fourth-order valence-corrected chi connectivity index (χ4v) is 1.90. The van der Waals surface area contributed by atoms with E-state index >= 15 is 0 Å². The van der Waals surface area contributed by atoms with Crippen molar-refractivity contribution >= 4 is 11.8 Å². The maximum absolute atomic E-state index is 4.18. The van der Waals surface area contributed by atoms with Gasteiger partial charge in [0.15, 0.2) is 0 Å². The van der Waals surface area contributed by atoms with Gasteiger partial charge in [-0.2, -0.15) is 11.8 Å². The van der Waals surface area contributed by atoms with Gasteiger partial charge in [-0.3, -0.25) is 0 Å². The predicted octanol–water partition coefficient (Wildman–Crippen LogP) is 1.70. The molecule has 1 aromatic rings. The molecule has 0 aromatic carbocycles. The van der Waals surface area contributed by atoms with E-state index in [-0.39, 0.29) is 0 Å². The van der Waals surface area contributed by atoms with Gasteiger partial charge in [-0.05, 0) is 6.92 Å². The average Bonchev–Trinajstić information content (AvgIpc) is 2.63. The normalized spacial score (nSPS) is 10.5. The maximum Gasteiger partial charge on any atom is 0.105 e. The Morgan fingerprint density at radius 3 is 3.13 bits per heavy atom. The summed E-state index contributed by atoms with van der Waals surface area (Å²) in [7, 11) is 0. The molecule has 1 rings (SSSR count). The van der Waals surface area contributed by atoms with Gasteiger partial charge in [0.05, 0.1) is 0 Å². The molecule has 0 saturated heterocycles. The number of hydrogen-bond acceptors (Lipinski definition) is 3. The van der Waals surface area contributed by atoms with Crippen molar-refractivity contribution in [2.75, 3.05) is 24.6 Å². The van der Waals surface area contributed by atoms with Crippen LogP contribution in [-0.2, 0) is 6.54 Å². The van der Waals surface area contributed by atoms with Crippen molar-refractivity contribution < 1.29 is 0 Å². The van der Waals surface area contributed by atoms with Crippen molar-refractivity contribution in [2.24, 2.45) is 0 Å². The minimum absolute atomic E-state index is 0.998. The minimum atomic E-state index is 0.998. The van der Waals surface area contributed by atoms with Crippen LogP contribution in [-0.4, -0.2) is 34.1 Å². The van der Waals surface area contributed by atoms with Gasteiger partial charge in [0.1, 0.15) is 5.82 Å². The first-order chi connectivity index (χ1) is 7.34. The molecule has 15 heavy (non-hydrogen) atoms. The second-order valence-corrected chi connectivity index (χ2v) is 4.43. The van der Waals surface area contributed by atoms with Gasteiger partial charge in [-0.25, -0.2) is 4.98 Å². The monoisotopic (exact) mass is 225 g/mol. The van der Waals surface area contributed by atoms with Crippen LogP contribution in [0.4, 0.5) is 0 Å². The van der Waals surface area contributed by atoms with Crippen molar-refractivity contribution in [1.82, 2.24) is 14.9 Å². The Morgan fingerprint density at radius 1 is 1.60 bits per heavy atom. The number of aromatic nitrogens is 2. The van der Waals surface area contributed by atoms with Crippen LogP contribution in [0.2, 0.25) is 0 Å². The number of hydrogen-bond donors (Lipinski definition) is 1. The molecule has 0 aliphatic heterocycles. The Balaban J connectivity index is 1.98. The molecule has 4 heteroatoms. The highest BCUT2D eigenvalue weighted by atomic mass is 32.2. The number of rotatable bonds is 8. The van der Waals surface area contributed by atoms with Gasteiger partial charge >= 0.3 is 0 Å². The Hall–Kier alpha value is -0.740. The molecule has 3 nitrogen and oxygen atoms in total. The first-order valence-corrected chi connectivity index (χ1v) is 6.37. The molecule has 1 N–H and O–H groups in total. The molecule has 0 spiro atoms. The van der Waals surface area contributed by atoms with Gasteiger partial charge in [-0.15, -0.1) is 6.58 Å². The zero-order valence-corrected chi connectivity index (χ0v) is 10.1. The molecule has 0 fully saturated rings. The van der Waals surface area contributed by atoms with E-state index in [9.17, 15) is 0 Å². The molecule has 0 radical (unpaired) electrons. The molecular weight excluding hydrogens is 206 g/mol. The number of thioether (sulfide) groups is 1. The van der Waals surface area contributed by atoms with E-state index in [1.165, 1.54) is 0 Å². The van der Waals surface area contributed by atoms with E-state index in [1.54, 1.807) is 0 Å². The smallest absolute Gasteiger partial charge is 0.105 e. The molecule has 0 atom stereocenters. The lowest BCUT2D eigenvalue weighted by molar-refractivity contribution is 0.603. The van der Waals surface area contributed by atoms with Crippen LogP contribution in [0.1, 0.15) is 5.82 Å². The summed E-state index contributed by atoms with van der Waals surface area (Å²) in [6.07, 6.45) is 5.80. The van der Waals surface area contributed by atoms with E-state index < -0.39 is 0 Å². The average molecular weight is 225 g/mol. The van der Waals surface area contributed by atoms with Crippen LogP contribution in [0.3, 0.4) is 0 Å². The first kappa shape index (κ1) is 12.3. The lowest BCUT2D eigenvalue weighted by atomic mass is 10.5. The molecule has 1 aromatic heterocycles. The highest BCUT2D eigenvalue weighted by Gasteiger charge is 1.95. The van der Waals surface area contributed by atoms with Gasteiger partial charge in [0.25, 0.3) is 0 Å². The molecular formula is C11H19N3S. The lowest BCUT2D eigenvalue weighted by Gasteiger charge is -2.06. The summed E-state index contributed by atoms with van der Waals surface area (Å²) < 4.78 is 2.16. The van der Waals surface area contributed by atoms with Gasteiger partial charge < -0.3 is 9.88 Å². The van der Waals surface area contributed by atoms with Crippen molar-refractivity contribution in [3.63, 3.8) is 0 Å². The third kappa shape index (κ3) is 5.04. The molecule has 0 aliphatic rings. The van der Waals surface area contributed by atoms with E-state index in [1.807, 2.05) is 37.2 Å².